The van der Waals surface area contributed by atoms with Crippen molar-refractivity contribution < 1.29 is 9.90 Å². The third-order valence-electron chi connectivity index (χ3n) is 3.37. The highest BCUT2D eigenvalue weighted by Crippen LogP contribution is 2.30. The summed E-state index contributed by atoms with van der Waals surface area (Å²) in [7, 11) is 0. The number of carbonyl (C=O) groups is 1. The summed E-state index contributed by atoms with van der Waals surface area (Å²) in [4.78, 5) is 12.1. The van der Waals surface area contributed by atoms with Gasteiger partial charge in [0.25, 0.3) is 0 Å². The van der Waals surface area contributed by atoms with Gasteiger partial charge >= 0.3 is 0 Å². The number of benzene rings is 2. The Morgan fingerprint density at radius 1 is 1.19 bits per heavy atom. The number of para-hydroxylation sites is 1. The minimum atomic E-state index is -0.300. The number of rotatable bonds is 5. The molecule has 1 heterocycles. The average molecular weight is 410 g/mol. The molecule has 0 bridgehead atoms. The van der Waals surface area contributed by atoms with Crippen LogP contribution in [-0.4, -0.2) is 31.6 Å². The Balaban J connectivity index is 1.68. The van der Waals surface area contributed by atoms with Crippen molar-refractivity contribution in [1.82, 2.24) is 14.9 Å². The number of hydrogen-bond donors (Lipinski definition) is 3. The summed E-state index contributed by atoms with van der Waals surface area (Å²) >= 11 is 13.1. The molecule has 3 aromatic rings. The molecule has 0 saturated heterocycles. The highest BCUT2D eigenvalue weighted by Gasteiger charge is 2.16. The van der Waals surface area contributed by atoms with Crippen LogP contribution in [0.1, 0.15) is 0 Å². The van der Waals surface area contributed by atoms with Crippen LogP contribution in [0.25, 0.3) is 11.4 Å². The van der Waals surface area contributed by atoms with Crippen molar-refractivity contribution in [3.8, 4) is 17.1 Å². The quantitative estimate of drug-likeness (QED) is 0.440. The summed E-state index contributed by atoms with van der Waals surface area (Å²) in [5.74, 6) is 6.05. The molecule has 10 heteroatoms. The Bertz CT molecular complexity index is 964. The molecule has 0 aliphatic heterocycles. The Hall–Kier alpha value is -2.42. The van der Waals surface area contributed by atoms with Crippen molar-refractivity contribution in [2.45, 2.75) is 5.16 Å². The van der Waals surface area contributed by atoms with Crippen LogP contribution in [0.5, 0.6) is 5.75 Å². The van der Waals surface area contributed by atoms with E-state index < -0.39 is 0 Å². The second kappa shape index (κ2) is 7.86. The van der Waals surface area contributed by atoms with Crippen LogP contribution >= 0.6 is 35.0 Å². The summed E-state index contributed by atoms with van der Waals surface area (Å²) in [6.45, 7) is 0. The number of nitrogens with two attached hydrogens (primary N) is 1. The molecule has 4 N–H and O–H groups in total. The molecule has 134 valence electrons. The van der Waals surface area contributed by atoms with Crippen LogP contribution in [0.4, 0.5) is 5.69 Å². The number of nitrogens with zero attached hydrogens (tertiary/aromatic N) is 3. The molecule has 1 aromatic heterocycles. The number of aromatic nitrogens is 3. The minimum absolute atomic E-state index is 0.0384. The van der Waals surface area contributed by atoms with Gasteiger partial charge in [0.2, 0.25) is 11.1 Å². The lowest BCUT2D eigenvalue weighted by atomic mass is 10.2. The van der Waals surface area contributed by atoms with Crippen molar-refractivity contribution in [3.05, 3.63) is 52.5 Å². The van der Waals surface area contributed by atoms with Crippen molar-refractivity contribution in [1.29, 1.82) is 0 Å². The zero-order valence-electron chi connectivity index (χ0n) is 13.2. The van der Waals surface area contributed by atoms with E-state index >= 15 is 0 Å². The van der Waals surface area contributed by atoms with Gasteiger partial charge in [0.15, 0.2) is 5.82 Å². The molecule has 0 aliphatic carbocycles. The summed E-state index contributed by atoms with van der Waals surface area (Å²) in [5.41, 5.74) is 0.874. The largest absolute Gasteiger partial charge is 0.507 e. The predicted molar refractivity (Wildman–Crippen MR) is 103 cm³/mol. The number of anilines is 1. The molecular weight excluding hydrogens is 397 g/mol. The Labute approximate surface area is 163 Å². The SMILES string of the molecule is Nn1c(SCC(=O)Nc2cccc(Cl)c2Cl)nnc1-c1ccccc1O. The van der Waals surface area contributed by atoms with Crippen LogP contribution in [0.2, 0.25) is 10.0 Å². The number of amides is 1. The van der Waals surface area contributed by atoms with E-state index in [1.807, 2.05) is 0 Å². The summed E-state index contributed by atoms with van der Waals surface area (Å²) in [6, 6.07) is 11.6. The average Bonchev–Trinajstić information content (AvgIpc) is 2.98. The summed E-state index contributed by atoms with van der Waals surface area (Å²) in [5, 5.41) is 21.5. The van der Waals surface area contributed by atoms with Gasteiger partial charge in [0.1, 0.15) is 5.75 Å². The predicted octanol–water partition coefficient (Wildman–Crippen LogP) is 3.40. The van der Waals surface area contributed by atoms with Gasteiger partial charge in [-0.15, -0.1) is 10.2 Å². The molecule has 0 atom stereocenters. The van der Waals surface area contributed by atoms with E-state index in [1.165, 1.54) is 10.7 Å². The van der Waals surface area contributed by atoms with Crippen molar-refractivity contribution >= 4 is 46.6 Å². The van der Waals surface area contributed by atoms with Gasteiger partial charge in [0, 0.05) is 0 Å². The fourth-order valence-electron chi connectivity index (χ4n) is 2.14. The van der Waals surface area contributed by atoms with Gasteiger partial charge < -0.3 is 16.3 Å². The molecule has 0 unspecified atom stereocenters. The lowest BCUT2D eigenvalue weighted by Crippen LogP contribution is -2.16. The molecule has 26 heavy (non-hydrogen) atoms. The number of phenolic OH excluding ortho intramolecular Hbond substituents is 1. The van der Waals surface area contributed by atoms with Crippen LogP contribution in [-0.2, 0) is 4.79 Å². The number of halogens is 2. The Morgan fingerprint density at radius 3 is 2.73 bits per heavy atom. The van der Waals surface area contributed by atoms with Crippen LogP contribution in [0.3, 0.4) is 0 Å². The fourth-order valence-corrected chi connectivity index (χ4v) is 3.14. The maximum absolute atomic E-state index is 12.1. The van der Waals surface area contributed by atoms with Gasteiger partial charge in [-0.05, 0) is 24.3 Å². The smallest absolute Gasteiger partial charge is 0.234 e. The van der Waals surface area contributed by atoms with Crippen LogP contribution < -0.4 is 11.2 Å². The number of phenols is 1. The molecular formula is C16H13Cl2N5O2S. The van der Waals surface area contributed by atoms with E-state index in [0.717, 1.165) is 11.8 Å². The summed E-state index contributed by atoms with van der Waals surface area (Å²) < 4.78 is 1.22. The van der Waals surface area contributed by atoms with Gasteiger partial charge in [-0.2, -0.15) is 0 Å². The first-order valence-corrected chi connectivity index (χ1v) is 9.07. The van der Waals surface area contributed by atoms with E-state index in [0.29, 0.717) is 27.3 Å². The first-order valence-electron chi connectivity index (χ1n) is 7.33. The van der Waals surface area contributed by atoms with E-state index in [9.17, 15) is 9.90 Å². The van der Waals surface area contributed by atoms with Crippen LogP contribution in [0.15, 0.2) is 47.6 Å². The lowest BCUT2D eigenvalue weighted by molar-refractivity contribution is -0.113. The fraction of sp³-hybridized carbons (Fsp3) is 0.0625. The molecule has 3 rings (SSSR count). The van der Waals surface area contributed by atoms with Crippen molar-refractivity contribution in [3.63, 3.8) is 0 Å². The normalized spacial score (nSPS) is 10.7. The van der Waals surface area contributed by atoms with Gasteiger partial charge in [-0.3, -0.25) is 4.79 Å². The highest BCUT2D eigenvalue weighted by atomic mass is 35.5. The maximum Gasteiger partial charge on any atom is 0.234 e. The zero-order chi connectivity index (χ0) is 18.7. The van der Waals surface area contributed by atoms with Gasteiger partial charge in [-0.25, -0.2) is 4.68 Å². The van der Waals surface area contributed by atoms with Crippen molar-refractivity contribution in [2.75, 3.05) is 16.9 Å². The number of thioether (sulfide) groups is 1. The third-order valence-corrected chi connectivity index (χ3v) is 5.13. The van der Waals surface area contributed by atoms with Gasteiger partial charge in [-0.1, -0.05) is 53.2 Å². The standard InChI is InChI=1S/C16H13Cl2N5O2S/c17-10-5-3-6-11(14(10)18)20-13(25)8-26-16-22-21-15(23(16)19)9-4-1-2-7-12(9)24/h1-7,24H,8,19H2,(H,20,25). The maximum atomic E-state index is 12.1. The second-order valence-corrected chi connectivity index (χ2v) is 6.86. The third kappa shape index (κ3) is 3.87. The van der Waals surface area contributed by atoms with Gasteiger partial charge in [0.05, 0.1) is 27.0 Å². The first-order chi connectivity index (χ1) is 12.5. The zero-order valence-corrected chi connectivity index (χ0v) is 15.5. The second-order valence-electron chi connectivity index (χ2n) is 5.13. The summed E-state index contributed by atoms with van der Waals surface area (Å²) in [6.07, 6.45) is 0. The molecule has 1 amide bonds. The number of hydrogen-bond acceptors (Lipinski definition) is 6. The number of nitrogens with one attached hydrogen (secondary N) is 1. The molecule has 7 nitrogen and oxygen atoms in total. The molecule has 0 spiro atoms. The lowest BCUT2D eigenvalue weighted by Gasteiger charge is -2.08. The molecule has 0 fully saturated rings. The van der Waals surface area contributed by atoms with E-state index in [-0.39, 0.29) is 22.4 Å². The first kappa shape index (κ1) is 18.4. The number of nitrogen functional groups attached to an aromatic ring is 1. The molecule has 0 aliphatic rings. The van der Waals surface area contributed by atoms with Crippen molar-refractivity contribution in [2.24, 2.45) is 0 Å². The highest BCUT2D eigenvalue weighted by molar-refractivity contribution is 7.99. The number of aromatic hydroxyl groups is 1. The Kier molecular flexibility index (Phi) is 5.55. The minimum Gasteiger partial charge on any atom is -0.507 e. The molecule has 2 aromatic carbocycles. The monoisotopic (exact) mass is 409 g/mol. The number of carbonyl (C=O) groups excluding carboxylic acids is 1. The molecule has 0 radical (unpaired) electrons. The topological polar surface area (TPSA) is 106 Å². The molecule has 0 saturated carbocycles. The van der Waals surface area contributed by atoms with E-state index in [4.69, 9.17) is 29.0 Å². The van der Waals surface area contributed by atoms with Crippen LogP contribution in [0, 0.1) is 0 Å². The van der Waals surface area contributed by atoms with E-state index in [1.54, 1.807) is 36.4 Å². The van der Waals surface area contributed by atoms with E-state index in [2.05, 4.69) is 15.5 Å². The Morgan fingerprint density at radius 2 is 1.96 bits per heavy atom.